The topological polar surface area (TPSA) is 50.8 Å². The highest BCUT2D eigenvalue weighted by Gasteiger charge is 2.14. The van der Waals surface area contributed by atoms with Crippen LogP contribution < -0.4 is 4.74 Å². The number of pyridine rings is 1. The van der Waals surface area contributed by atoms with Gasteiger partial charge < -0.3 is 9.30 Å². The van der Waals surface area contributed by atoms with Crippen LogP contribution in [0.5, 0.6) is 5.75 Å². The van der Waals surface area contributed by atoms with Crippen LogP contribution in [0.4, 0.5) is 0 Å². The lowest BCUT2D eigenvalue weighted by Gasteiger charge is -2.11. The summed E-state index contributed by atoms with van der Waals surface area (Å²) in [6, 6.07) is 26.6. The first-order valence-electron chi connectivity index (χ1n) is 9.32. The lowest BCUT2D eigenvalue weighted by Crippen LogP contribution is -1.96. The fourth-order valence-electron chi connectivity index (χ4n) is 3.90. The van der Waals surface area contributed by atoms with Gasteiger partial charge >= 0.3 is 0 Å². The van der Waals surface area contributed by atoms with E-state index in [-0.39, 0.29) is 0 Å². The molecule has 2 aromatic heterocycles. The average Bonchev–Trinajstić information content (AvgIpc) is 3.13. The molecule has 0 spiro atoms. The molecule has 0 amide bonds. The predicted octanol–water partition coefficient (Wildman–Crippen LogP) is 5.73. The maximum Gasteiger partial charge on any atom is 0.119 e. The zero-order valence-electron chi connectivity index (χ0n) is 15.8. The van der Waals surface area contributed by atoms with Gasteiger partial charge in [0.25, 0.3) is 0 Å². The Labute approximate surface area is 168 Å². The highest BCUT2D eigenvalue weighted by molar-refractivity contribution is 6.09. The van der Waals surface area contributed by atoms with Gasteiger partial charge in [0.2, 0.25) is 0 Å². The van der Waals surface area contributed by atoms with E-state index in [1.54, 1.807) is 19.5 Å². The number of rotatable bonds is 3. The highest BCUT2D eigenvalue weighted by Crippen LogP contribution is 2.35. The number of nitrogens with zero attached hydrogens (tertiary/aromatic N) is 3. The van der Waals surface area contributed by atoms with Gasteiger partial charge in [-0.25, -0.2) is 0 Å². The first kappa shape index (κ1) is 17.0. The van der Waals surface area contributed by atoms with Crippen LogP contribution in [-0.4, -0.2) is 16.7 Å². The van der Waals surface area contributed by atoms with E-state index in [1.807, 2.05) is 42.5 Å². The summed E-state index contributed by atoms with van der Waals surface area (Å²) < 4.78 is 7.63. The third-order valence-corrected chi connectivity index (χ3v) is 5.25. The van der Waals surface area contributed by atoms with Crippen molar-refractivity contribution < 1.29 is 4.74 Å². The number of hydrogen-bond acceptors (Lipinski definition) is 3. The molecule has 138 valence electrons. The van der Waals surface area contributed by atoms with Crippen molar-refractivity contribution in [2.75, 3.05) is 7.11 Å². The molecule has 0 saturated heterocycles. The highest BCUT2D eigenvalue weighted by atomic mass is 16.5. The molecule has 0 radical (unpaired) electrons. The van der Waals surface area contributed by atoms with Gasteiger partial charge in [-0.15, -0.1) is 0 Å². The summed E-state index contributed by atoms with van der Waals surface area (Å²) in [5.74, 6) is 0.825. The fraction of sp³-hybridized carbons (Fsp3) is 0.0400. The van der Waals surface area contributed by atoms with Gasteiger partial charge in [0, 0.05) is 28.9 Å². The Morgan fingerprint density at radius 2 is 1.66 bits per heavy atom. The number of para-hydroxylation sites is 1. The normalized spacial score (nSPS) is 10.9. The van der Waals surface area contributed by atoms with Gasteiger partial charge in [0.15, 0.2) is 0 Å². The molecule has 0 aliphatic heterocycles. The fourth-order valence-corrected chi connectivity index (χ4v) is 3.90. The summed E-state index contributed by atoms with van der Waals surface area (Å²) in [6.45, 7) is 0. The van der Waals surface area contributed by atoms with Crippen LogP contribution in [0.3, 0.4) is 0 Å². The maximum atomic E-state index is 9.81. The van der Waals surface area contributed by atoms with Gasteiger partial charge in [0.05, 0.1) is 29.8 Å². The van der Waals surface area contributed by atoms with Crippen molar-refractivity contribution in [3.05, 3.63) is 90.8 Å². The zero-order valence-corrected chi connectivity index (χ0v) is 15.8. The summed E-state index contributed by atoms with van der Waals surface area (Å²) in [7, 11) is 1.68. The number of fused-ring (bicyclic) bond motifs is 3. The van der Waals surface area contributed by atoms with Gasteiger partial charge in [-0.05, 0) is 59.7 Å². The minimum Gasteiger partial charge on any atom is -0.497 e. The second-order valence-electron chi connectivity index (χ2n) is 6.81. The smallest absolute Gasteiger partial charge is 0.119 e. The molecule has 2 heterocycles. The van der Waals surface area contributed by atoms with Gasteiger partial charge in [-0.2, -0.15) is 5.26 Å². The van der Waals surface area contributed by atoms with Crippen molar-refractivity contribution in [3.8, 4) is 28.6 Å². The van der Waals surface area contributed by atoms with E-state index in [0.29, 0.717) is 5.56 Å². The first-order valence-corrected chi connectivity index (χ1v) is 9.32. The van der Waals surface area contributed by atoms with Crippen LogP contribution >= 0.6 is 0 Å². The van der Waals surface area contributed by atoms with Crippen LogP contribution in [0, 0.1) is 11.3 Å². The predicted molar refractivity (Wildman–Crippen MR) is 115 cm³/mol. The maximum absolute atomic E-state index is 9.81. The van der Waals surface area contributed by atoms with E-state index >= 15 is 0 Å². The number of nitriles is 1. The molecule has 0 atom stereocenters. The van der Waals surface area contributed by atoms with Crippen LogP contribution in [0.1, 0.15) is 5.56 Å². The van der Waals surface area contributed by atoms with Crippen molar-refractivity contribution in [2.24, 2.45) is 0 Å². The van der Waals surface area contributed by atoms with Gasteiger partial charge in [-0.3, -0.25) is 4.98 Å². The quantitative estimate of drug-likeness (QED) is 0.405. The van der Waals surface area contributed by atoms with E-state index in [2.05, 4.69) is 46.0 Å². The zero-order chi connectivity index (χ0) is 19.8. The monoisotopic (exact) mass is 375 g/mol. The molecule has 0 saturated carbocycles. The molecule has 3 aromatic carbocycles. The second-order valence-corrected chi connectivity index (χ2v) is 6.81. The standard InChI is InChI=1S/C25H17N3O/c1-29-20-7-9-25-23(15-20)22-4-2-3-5-24(22)28(25)19-6-8-21(18(14-19)16-26)17-10-12-27-13-11-17/h2-15H,1H3. The van der Waals surface area contributed by atoms with E-state index < -0.39 is 0 Å². The summed E-state index contributed by atoms with van der Waals surface area (Å²) in [4.78, 5) is 4.07. The molecule has 0 unspecified atom stereocenters. The Morgan fingerprint density at radius 3 is 2.45 bits per heavy atom. The summed E-state index contributed by atoms with van der Waals surface area (Å²) in [5.41, 5.74) is 5.64. The molecular formula is C25H17N3O. The van der Waals surface area contributed by atoms with Gasteiger partial charge in [0.1, 0.15) is 5.75 Å². The summed E-state index contributed by atoms with van der Waals surface area (Å²) in [5, 5.41) is 12.1. The van der Waals surface area contributed by atoms with Crippen molar-refractivity contribution >= 4 is 21.8 Å². The second kappa shape index (κ2) is 6.81. The Bertz CT molecular complexity index is 1390. The van der Waals surface area contributed by atoms with E-state index in [1.165, 1.54) is 0 Å². The lowest BCUT2D eigenvalue weighted by atomic mass is 10.0. The molecule has 29 heavy (non-hydrogen) atoms. The SMILES string of the molecule is COc1ccc2c(c1)c1ccccc1n2-c1ccc(-c2ccncc2)c(C#N)c1. The molecule has 0 bridgehead atoms. The third kappa shape index (κ3) is 2.72. The van der Waals surface area contributed by atoms with Crippen LogP contribution in [0.25, 0.3) is 38.6 Å². The molecular weight excluding hydrogens is 358 g/mol. The number of methoxy groups -OCH3 is 1. The number of ether oxygens (including phenoxy) is 1. The molecule has 0 aliphatic rings. The molecule has 4 nitrogen and oxygen atoms in total. The Balaban J connectivity index is 1.79. The summed E-state index contributed by atoms with van der Waals surface area (Å²) in [6.07, 6.45) is 3.48. The van der Waals surface area contributed by atoms with E-state index in [4.69, 9.17) is 4.74 Å². The van der Waals surface area contributed by atoms with Crippen molar-refractivity contribution in [1.82, 2.24) is 9.55 Å². The molecule has 5 aromatic rings. The van der Waals surface area contributed by atoms with E-state index in [0.717, 1.165) is 44.4 Å². The minimum atomic E-state index is 0.633. The Morgan fingerprint density at radius 1 is 0.862 bits per heavy atom. The number of benzene rings is 3. The molecule has 4 heteroatoms. The van der Waals surface area contributed by atoms with Crippen molar-refractivity contribution in [3.63, 3.8) is 0 Å². The van der Waals surface area contributed by atoms with Crippen molar-refractivity contribution in [1.29, 1.82) is 5.26 Å². The van der Waals surface area contributed by atoms with Crippen molar-refractivity contribution in [2.45, 2.75) is 0 Å². The average molecular weight is 375 g/mol. The minimum absolute atomic E-state index is 0.633. The summed E-state index contributed by atoms with van der Waals surface area (Å²) >= 11 is 0. The van der Waals surface area contributed by atoms with Crippen LogP contribution in [-0.2, 0) is 0 Å². The van der Waals surface area contributed by atoms with Crippen LogP contribution in [0.15, 0.2) is 85.2 Å². The Hall–Kier alpha value is -4.10. The first-order chi connectivity index (χ1) is 14.3. The molecule has 0 aliphatic carbocycles. The Kier molecular flexibility index (Phi) is 4.00. The lowest BCUT2D eigenvalue weighted by molar-refractivity contribution is 0.415. The van der Waals surface area contributed by atoms with E-state index in [9.17, 15) is 5.26 Å². The van der Waals surface area contributed by atoms with Crippen LogP contribution in [0.2, 0.25) is 0 Å². The largest absolute Gasteiger partial charge is 0.497 e. The molecule has 5 rings (SSSR count). The molecule has 0 N–H and O–H groups in total. The number of hydrogen-bond donors (Lipinski definition) is 0. The third-order valence-electron chi connectivity index (χ3n) is 5.25. The van der Waals surface area contributed by atoms with Gasteiger partial charge in [-0.1, -0.05) is 24.3 Å². The molecule has 0 fully saturated rings. The number of aromatic nitrogens is 2.